The maximum atomic E-state index is 11.9. The maximum absolute atomic E-state index is 11.9. The fraction of sp³-hybridized carbons (Fsp3) is 0.583. The van der Waals surface area contributed by atoms with Crippen LogP contribution in [0.15, 0.2) is 4.52 Å². The van der Waals surface area contributed by atoms with E-state index in [2.05, 4.69) is 15.5 Å². The molecule has 0 aromatic carbocycles. The third kappa shape index (κ3) is 3.62. The quantitative estimate of drug-likeness (QED) is 0.725. The number of hydrogen-bond acceptors (Lipinski definition) is 6. The number of carbonyl (C=O) groups is 3. The molecule has 2 heterocycles. The summed E-state index contributed by atoms with van der Waals surface area (Å²) in [6, 6.07) is 0. The fourth-order valence-corrected chi connectivity index (χ4v) is 1.90. The lowest BCUT2D eigenvalue weighted by molar-refractivity contribution is -0.145. The summed E-state index contributed by atoms with van der Waals surface area (Å²) in [5, 5.41) is 5.93. The Labute approximate surface area is 115 Å². The maximum Gasteiger partial charge on any atom is 0.246 e. The Kier molecular flexibility index (Phi) is 4.44. The first-order valence-corrected chi connectivity index (χ1v) is 6.50. The van der Waals surface area contributed by atoms with Gasteiger partial charge in [0.15, 0.2) is 5.82 Å². The standard InChI is InChI=1S/C12H16N4O4/c1-2-3-8-13-11(20-15-8)4-5-12(19)16-6-9(17)14-10(18)7-16/h2-7H2,1H3,(H,14,17,18). The molecule has 1 N–H and O–H groups in total. The fourth-order valence-electron chi connectivity index (χ4n) is 1.90. The van der Waals surface area contributed by atoms with Crippen LogP contribution in [0.2, 0.25) is 0 Å². The van der Waals surface area contributed by atoms with E-state index >= 15 is 0 Å². The van der Waals surface area contributed by atoms with Crippen LogP contribution in [0.4, 0.5) is 0 Å². The summed E-state index contributed by atoms with van der Waals surface area (Å²) >= 11 is 0. The minimum absolute atomic E-state index is 0.0878. The Bertz CT molecular complexity index is 509. The van der Waals surface area contributed by atoms with E-state index in [1.807, 2.05) is 6.92 Å². The zero-order chi connectivity index (χ0) is 14.5. The molecule has 0 radical (unpaired) electrons. The van der Waals surface area contributed by atoms with Crippen LogP contribution in [0.25, 0.3) is 0 Å². The van der Waals surface area contributed by atoms with Crippen LogP contribution in [0.5, 0.6) is 0 Å². The zero-order valence-corrected chi connectivity index (χ0v) is 11.2. The van der Waals surface area contributed by atoms with E-state index in [1.54, 1.807) is 0 Å². The number of nitrogens with one attached hydrogen (secondary N) is 1. The first kappa shape index (κ1) is 14.2. The molecule has 0 saturated carbocycles. The van der Waals surface area contributed by atoms with Gasteiger partial charge in [-0.3, -0.25) is 19.7 Å². The normalized spacial score (nSPS) is 15.3. The molecule has 0 bridgehead atoms. The molecule has 2 rings (SSSR count). The van der Waals surface area contributed by atoms with Crippen molar-refractivity contribution in [2.24, 2.45) is 0 Å². The lowest BCUT2D eigenvalue weighted by atomic mass is 10.2. The van der Waals surface area contributed by atoms with Gasteiger partial charge in [-0.05, 0) is 6.42 Å². The lowest BCUT2D eigenvalue weighted by Crippen LogP contribution is -2.53. The summed E-state index contributed by atoms with van der Waals surface area (Å²) in [6.07, 6.45) is 2.09. The van der Waals surface area contributed by atoms with Crippen molar-refractivity contribution in [1.29, 1.82) is 0 Å². The van der Waals surface area contributed by atoms with Crippen LogP contribution in [0, 0.1) is 0 Å². The number of nitrogens with zero attached hydrogens (tertiary/aromatic N) is 3. The molecule has 1 saturated heterocycles. The Morgan fingerprint density at radius 1 is 1.30 bits per heavy atom. The molecular formula is C12H16N4O4. The van der Waals surface area contributed by atoms with Gasteiger partial charge < -0.3 is 9.42 Å². The van der Waals surface area contributed by atoms with Gasteiger partial charge in [-0.2, -0.15) is 4.98 Å². The summed E-state index contributed by atoms with van der Waals surface area (Å²) < 4.78 is 5.02. The molecule has 8 nitrogen and oxygen atoms in total. The molecule has 0 aliphatic carbocycles. The Morgan fingerprint density at radius 2 is 2.00 bits per heavy atom. The molecule has 0 atom stereocenters. The van der Waals surface area contributed by atoms with Gasteiger partial charge in [0, 0.05) is 19.3 Å². The van der Waals surface area contributed by atoms with Crippen molar-refractivity contribution in [3.63, 3.8) is 0 Å². The van der Waals surface area contributed by atoms with E-state index in [0.29, 0.717) is 18.1 Å². The Balaban J connectivity index is 1.84. The van der Waals surface area contributed by atoms with Gasteiger partial charge >= 0.3 is 0 Å². The van der Waals surface area contributed by atoms with Crippen molar-refractivity contribution in [2.45, 2.75) is 32.6 Å². The topological polar surface area (TPSA) is 105 Å². The highest BCUT2D eigenvalue weighted by Gasteiger charge is 2.26. The van der Waals surface area contributed by atoms with Gasteiger partial charge in [-0.25, -0.2) is 0 Å². The van der Waals surface area contributed by atoms with Gasteiger partial charge in [0.2, 0.25) is 23.6 Å². The second-order valence-electron chi connectivity index (χ2n) is 4.58. The van der Waals surface area contributed by atoms with E-state index in [1.165, 1.54) is 4.90 Å². The van der Waals surface area contributed by atoms with Crippen molar-refractivity contribution < 1.29 is 18.9 Å². The molecule has 0 spiro atoms. The van der Waals surface area contributed by atoms with Crippen LogP contribution in [0.3, 0.4) is 0 Å². The largest absolute Gasteiger partial charge is 0.339 e. The van der Waals surface area contributed by atoms with Crippen molar-refractivity contribution in [2.75, 3.05) is 13.1 Å². The van der Waals surface area contributed by atoms with Crippen molar-refractivity contribution in [1.82, 2.24) is 20.4 Å². The molecule has 20 heavy (non-hydrogen) atoms. The molecule has 3 amide bonds. The minimum Gasteiger partial charge on any atom is -0.339 e. The van der Waals surface area contributed by atoms with Crippen LogP contribution in [-0.4, -0.2) is 45.9 Å². The predicted molar refractivity (Wildman–Crippen MR) is 66.3 cm³/mol. The molecule has 1 aliphatic heterocycles. The van der Waals surface area contributed by atoms with Crippen LogP contribution < -0.4 is 5.32 Å². The summed E-state index contributed by atoms with van der Waals surface area (Å²) in [5.74, 6) is -0.171. The summed E-state index contributed by atoms with van der Waals surface area (Å²) in [7, 11) is 0. The third-order valence-corrected chi connectivity index (χ3v) is 2.84. The summed E-state index contributed by atoms with van der Waals surface area (Å²) in [5.41, 5.74) is 0. The number of imide groups is 1. The molecule has 1 aliphatic rings. The average Bonchev–Trinajstić information content (AvgIpc) is 2.83. The van der Waals surface area contributed by atoms with E-state index in [0.717, 1.165) is 12.8 Å². The number of aromatic nitrogens is 2. The predicted octanol–water partition coefficient (Wildman–Crippen LogP) is -0.560. The Morgan fingerprint density at radius 3 is 2.65 bits per heavy atom. The smallest absolute Gasteiger partial charge is 0.246 e. The monoisotopic (exact) mass is 280 g/mol. The number of carbonyl (C=O) groups excluding carboxylic acids is 3. The molecule has 0 unspecified atom stereocenters. The van der Waals surface area contributed by atoms with Crippen molar-refractivity contribution >= 4 is 17.7 Å². The zero-order valence-electron chi connectivity index (χ0n) is 11.2. The molecule has 1 fully saturated rings. The summed E-state index contributed by atoms with van der Waals surface area (Å²) in [6.45, 7) is 1.84. The molecule has 108 valence electrons. The minimum atomic E-state index is -0.461. The number of amides is 3. The first-order valence-electron chi connectivity index (χ1n) is 6.50. The van der Waals surface area contributed by atoms with E-state index in [9.17, 15) is 14.4 Å². The number of rotatable bonds is 5. The van der Waals surface area contributed by atoms with Gasteiger partial charge in [0.1, 0.15) is 13.1 Å². The van der Waals surface area contributed by atoms with Crippen LogP contribution in [-0.2, 0) is 27.2 Å². The highest BCUT2D eigenvalue weighted by Crippen LogP contribution is 2.06. The molecule has 1 aromatic rings. The molecule has 1 aromatic heterocycles. The van der Waals surface area contributed by atoms with Crippen LogP contribution in [0.1, 0.15) is 31.5 Å². The number of hydrogen-bond donors (Lipinski definition) is 1. The Hall–Kier alpha value is -2.25. The van der Waals surface area contributed by atoms with Gasteiger partial charge in [-0.1, -0.05) is 12.1 Å². The SMILES string of the molecule is CCCc1noc(CCC(=O)N2CC(=O)NC(=O)C2)n1. The van der Waals surface area contributed by atoms with Crippen molar-refractivity contribution in [3.8, 4) is 0 Å². The highest BCUT2D eigenvalue weighted by molar-refractivity contribution is 6.02. The average molecular weight is 280 g/mol. The van der Waals surface area contributed by atoms with Crippen molar-refractivity contribution in [3.05, 3.63) is 11.7 Å². The summed E-state index contributed by atoms with van der Waals surface area (Å²) in [4.78, 5) is 39.6. The van der Waals surface area contributed by atoms with Gasteiger partial charge in [0.25, 0.3) is 0 Å². The van der Waals surface area contributed by atoms with Crippen LogP contribution >= 0.6 is 0 Å². The van der Waals surface area contributed by atoms with E-state index in [4.69, 9.17) is 4.52 Å². The van der Waals surface area contributed by atoms with E-state index in [-0.39, 0.29) is 25.4 Å². The second kappa shape index (κ2) is 6.27. The van der Waals surface area contributed by atoms with Gasteiger partial charge in [-0.15, -0.1) is 0 Å². The molecular weight excluding hydrogens is 264 g/mol. The third-order valence-electron chi connectivity index (χ3n) is 2.84. The number of piperazine rings is 1. The van der Waals surface area contributed by atoms with Gasteiger partial charge in [0.05, 0.1) is 0 Å². The number of aryl methyl sites for hydroxylation is 2. The second-order valence-corrected chi connectivity index (χ2v) is 4.58. The first-order chi connectivity index (χ1) is 9.58. The highest BCUT2D eigenvalue weighted by atomic mass is 16.5. The van der Waals surface area contributed by atoms with E-state index < -0.39 is 11.8 Å². The molecule has 8 heteroatoms. The lowest BCUT2D eigenvalue weighted by Gasteiger charge is -2.25.